The minimum absolute atomic E-state index is 0.142. The van der Waals surface area contributed by atoms with Crippen molar-refractivity contribution in [2.24, 2.45) is 0 Å². The SMILES string of the molecule is COc1cccc(-c2oncc2N)c1[N+](=O)[O-]. The van der Waals surface area contributed by atoms with E-state index in [1.165, 1.54) is 25.4 Å². The Labute approximate surface area is 95.9 Å². The van der Waals surface area contributed by atoms with Crippen LogP contribution in [0.4, 0.5) is 11.4 Å². The largest absolute Gasteiger partial charge is 0.490 e. The van der Waals surface area contributed by atoms with E-state index >= 15 is 0 Å². The fourth-order valence-electron chi connectivity index (χ4n) is 1.51. The van der Waals surface area contributed by atoms with Crippen LogP contribution in [0.15, 0.2) is 28.9 Å². The van der Waals surface area contributed by atoms with Gasteiger partial charge in [-0.15, -0.1) is 0 Å². The number of methoxy groups -OCH3 is 1. The third-order valence-electron chi connectivity index (χ3n) is 2.24. The van der Waals surface area contributed by atoms with Gasteiger partial charge in [-0.3, -0.25) is 10.1 Å². The van der Waals surface area contributed by atoms with Crippen LogP contribution in [0.25, 0.3) is 11.3 Å². The van der Waals surface area contributed by atoms with Gasteiger partial charge in [0.15, 0.2) is 11.5 Å². The molecule has 0 fully saturated rings. The van der Waals surface area contributed by atoms with E-state index < -0.39 is 4.92 Å². The number of nitro groups is 1. The maximum absolute atomic E-state index is 11.0. The summed E-state index contributed by atoms with van der Waals surface area (Å²) in [7, 11) is 1.36. The first-order valence-corrected chi connectivity index (χ1v) is 4.67. The lowest BCUT2D eigenvalue weighted by molar-refractivity contribution is -0.385. The molecule has 1 heterocycles. The van der Waals surface area contributed by atoms with Gasteiger partial charge in [-0.25, -0.2) is 0 Å². The van der Waals surface area contributed by atoms with E-state index in [0.29, 0.717) is 0 Å². The Hall–Kier alpha value is -2.57. The van der Waals surface area contributed by atoms with E-state index in [-0.39, 0.29) is 28.4 Å². The highest BCUT2D eigenvalue weighted by molar-refractivity contribution is 5.80. The summed E-state index contributed by atoms with van der Waals surface area (Å²) in [6.45, 7) is 0. The Morgan fingerprint density at radius 2 is 2.29 bits per heavy atom. The average Bonchev–Trinajstić information content (AvgIpc) is 2.74. The van der Waals surface area contributed by atoms with Gasteiger partial charge in [-0.1, -0.05) is 11.2 Å². The molecule has 17 heavy (non-hydrogen) atoms. The van der Waals surface area contributed by atoms with E-state index in [0.717, 1.165) is 0 Å². The van der Waals surface area contributed by atoms with Gasteiger partial charge in [0.05, 0.1) is 18.2 Å². The summed E-state index contributed by atoms with van der Waals surface area (Å²) < 4.78 is 9.85. The first-order chi connectivity index (χ1) is 8.15. The topological polar surface area (TPSA) is 104 Å². The number of aromatic nitrogens is 1. The van der Waals surface area contributed by atoms with Crippen molar-refractivity contribution < 1.29 is 14.2 Å². The third kappa shape index (κ3) is 1.78. The Bertz CT molecular complexity index is 564. The third-order valence-corrected chi connectivity index (χ3v) is 2.24. The lowest BCUT2D eigenvalue weighted by atomic mass is 10.1. The number of ether oxygens (including phenoxy) is 1. The minimum Gasteiger partial charge on any atom is -0.490 e. The molecular weight excluding hydrogens is 226 g/mol. The molecule has 0 saturated heterocycles. The second-order valence-electron chi connectivity index (χ2n) is 3.22. The summed E-state index contributed by atoms with van der Waals surface area (Å²) in [5.74, 6) is 0.305. The molecule has 2 rings (SSSR count). The van der Waals surface area contributed by atoms with Crippen LogP contribution >= 0.6 is 0 Å². The Balaban J connectivity index is 2.70. The van der Waals surface area contributed by atoms with Gasteiger partial charge in [0, 0.05) is 0 Å². The number of nitrogens with zero attached hydrogens (tertiary/aromatic N) is 2. The highest BCUT2D eigenvalue weighted by Gasteiger charge is 2.25. The first kappa shape index (κ1) is 10.9. The second-order valence-corrected chi connectivity index (χ2v) is 3.22. The van der Waals surface area contributed by atoms with Crippen LogP contribution in [-0.2, 0) is 0 Å². The summed E-state index contributed by atoms with van der Waals surface area (Å²) in [4.78, 5) is 10.5. The van der Waals surface area contributed by atoms with Gasteiger partial charge < -0.3 is 15.0 Å². The highest BCUT2D eigenvalue weighted by Crippen LogP contribution is 2.39. The maximum atomic E-state index is 11.0. The molecular formula is C10H9N3O4. The van der Waals surface area contributed by atoms with Gasteiger partial charge in [0.1, 0.15) is 11.3 Å². The molecule has 1 aromatic heterocycles. The molecule has 0 radical (unpaired) electrons. The maximum Gasteiger partial charge on any atom is 0.321 e. The molecule has 1 aromatic carbocycles. The van der Waals surface area contributed by atoms with E-state index in [9.17, 15) is 10.1 Å². The molecule has 0 unspecified atom stereocenters. The van der Waals surface area contributed by atoms with Crippen molar-refractivity contribution in [3.63, 3.8) is 0 Å². The zero-order valence-electron chi connectivity index (χ0n) is 8.91. The van der Waals surface area contributed by atoms with Gasteiger partial charge in [-0.2, -0.15) is 0 Å². The van der Waals surface area contributed by atoms with Crippen molar-refractivity contribution in [2.45, 2.75) is 0 Å². The van der Waals surface area contributed by atoms with Crippen LogP contribution < -0.4 is 10.5 Å². The summed E-state index contributed by atoms with van der Waals surface area (Å²) in [5.41, 5.74) is 5.90. The fraction of sp³-hybridized carbons (Fsp3) is 0.100. The van der Waals surface area contributed by atoms with Crippen molar-refractivity contribution in [2.75, 3.05) is 12.8 Å². The molecule has 0 aliphatic heterocycles. The summed E-state index contributed by atoms with van der Waals surface area (Å²) in [5, 5.41) is 14.5. The molecule has 0 atom stereocenters. The summed E-state index contributed by atoms with van der Waals surface area (Å²) >= 11 is 0. The number of nitrogens with two attached hydrogens (primary N) is 1. The van der Waals surface area contributed by atoms with E-state index in [1.807, 2.05) is 0 Å². The Morgan fingerprint density at radius 3 is 2.82 bits per heavy atom. The standard InChI is InChI=1S/C10H9N3O4/c1-16-8-4-2-3-6(9(8)13(14)15)10-7(11)5-12-17-10/h2-5H,11H2,1H3. The Morgan fingerprint density at radius 1 is 1.53 bits per heavy atom. The van der Waals surface area contributed by atoms with Gasteiger partial charge in [0.2, 0.25) is 0 Å². The van der Waals surface area contributed by atoms with E-state index in [1.54, 1.807) is 6.07 Å². The van der Waals surface area contributed by atoms with Gasteiger partial charge in [0.25, 0.3) is 0 Å². The molecule has 2 aromatic rings. The van der Waals surface area contributed by atoms with Crippen molar-refractivity contribution >= 4 is 11.4 Å². The fourth-order valence-corrected chi connectivity index (χ4v) is 1.51. The number of anilines is 1. The molecule has 0 bridgehead atoms. The molecule has 0 saturated carbocycles. The molecule has 88 valence electrons. The molecule has 0 aliphatic carbocycles. The first-order valence-electron chi connectivity index (χ1n) is 4.67. The van der Waals surface area contributed by atoms with Crippen molar-refractivity contribution in [3.8, 4) is 17.1 Å². The van der Waals surface area contributed by atoms with Crippen LogP contribution in [0.2, 0.25) is 0 Å². The zero-order chi connectivity index (χ0) is 12.4. The highest BCUT2D eigenvalue weighted by atomic mass is 16.6. The smallest absolute Gasteiger partial charge is 0.321 e. The van der Waals surface area contributed by atoms with Crippen molar-refractivity contribution in [1.29, 1.82) is 0 Å². The number of hydrogen-bond donors (Lipinski definition) is 1. The molecule has 0 aliphatic rings. The molecule has 0 amide bonds. The normalized spacial score (nSPS) is 10.2. The number of nitrogen functional groups attached to an aromatic ring is 1. The van der Waals surface area contributed by atoms with Crippen LogP contribution in [0.3, 0.4) is 0 Å². The second kappa shape index (κ2) is 4.12. The van der Waals surface area contributed by atoms with Gasteiger partial charge in [-0.05, 0) is 12.1 Å². The predicted molar refractivity (Wildman–Crippen MR) is 59.6 cm³/mol. The molecule has 0 spiro atoms. The minimum atomic E-state index is -0.546. The van der Waals surface area contributed by atoms with Crippen LogP contribution in [0.1, 0.15) is 0 Å². The van der Waals surface area contributed by atoms with Crippen molar-refractivity contribution in [1.82, 2.24) is 5.16 Å². The number of hydrogen-bond acceptors (Lipinski definition) is 6. The lowest BCUT2D eigenvalue weighted by Crippen LogP contribution is -1.97. The lowest BCUT2D eigenvalue weighted by Gasteiger charge is -2.04. The molecule has 7 nitrogen and oxygen atoms in total. The molecule has 2 N–H and O–H groups in total. The number of benzene rings is 1. The average molecular weight is 235 g/mol. The van der Waals surface area contributed by atoms with Crippen LogP contribution in [0.5, 0.6) is 5.75 Å². The molecule has 7 heteroatoms. The van der Waals surface area contributed by atoms with Crippen LogP contribution in [0, 0.1) is 10.1 Å². The quantitative estimate of drug-likeness (QED) is 0.642. The summed E-state index contributed by atoms with van der Waals surface area (Å²) in [6.07, 6.45) is 1.29. The predicted octanol–water partition coefficient (Wildman–Crippen LogP) is 1.84. The number of para-hydroxylation sites is 1. The Kier molecular flexibility index (Phi) is 2.65. The number of nitro benzene ring substituents is 1. The summed E-state index contributed by atoms with van der Waals surface area (Å²) in [6, 6.07) is 4.63. The van der Waals surface area contributed by atoms with E-state index in [2.05, 4.69) is 5.16 Å². The number of rotatable bonds is 3. The monoisotopic (exact) mass is 235 g/mol. The van der Waals surface area contributed by atoms with E-state index in [4.69, 9.17) is 15.0 Å². The van der Waals surface area contributed by atoms with Crippen molar-refractivity contribution in [3.05, 3.63) is 34.5 Å². The van der Waals surface area contributed by atoms with Gasteiger partial charge >= 0.3 is 5.69 Å². The van der Waals surface area contributed by atoms with Crippen LogP contribution in [-0.4, -0.2) is 17.2 Å². The zero-order valence-corrected chi connectivity index (χ0v) is 8.91.